The zero-order valence-corrected chi connectivity index (χ0v) is 11.0. The molecule has 0 heterocycles. The first-order valence-electron chi connectivity index (χ1n) is 3.62. The minimum absolute atomic E-state index is 0. The molecule has 12 heavy (non-hydrogen) atoms. The van der Waals surface area contributed by atoms with Crippen molar-refractivity contribution in [1.29, 1.82) is 0 Å². The van der Waals surface area contributed by atoms with Gasteiger partial charge in [0.05, 0.1) is 12.6 Å². The molecular formula is C7H13KO4. The number of carbonyl (C=O) groups excluding carboxylic acids is 1. The molecule has 0 aliphatic carbocycles. The third kappa shape index (κ3) is 7.66. The van der Waals surface area contributed by atoms with Crippen LogP contribution in [0.15, 0.2) is 0 Å². The van der Waals surface area contributed by atoms with Crippen LogP contribution in [0.5, 0.6) is 0 Å². The molecule has 0 aromatic heterocycles. The summed E-state index contributed by atoms with van der Waals surface area (Å²) in [4.78, 5) is 10.3. The summed E-state index contributed by atoms with van der Waals surface area (Å²) in [5.41, 5.74) is 0. The Hall–Kier alpha value is 1.03. The molecule has 0 spiro atoms. The van der Waals surface area contributed by atoms with E-state index in [4.69, 9.17) is 9.47 Å². The predicted octanol–water partition coefficient (Wildman–Crippen LogP) is -3.82. The van der Waals surface area contributed by atoms with Gasteiger partial charge in [0.2, 0.25) is 0 Å². The Balaban J connectivity index is 0. The van der Waals surface area contributed by atoms with Crippen LogP contribution >= 0.6 is 0 Å². The molecule has 0 saturated heterocycles. The monoisotopic (exact) mass is 200 g/mol. The van der Waals surface area contributed by atoms with Gasteiger partial charge in [-0.3, -0.25) is 0 Å². The Kier molecular flexibility index (Phi) is 13.1. The van der Waals surface area contributed by atoms with E-state index >= 15 is 0 Å². The van der Waals surface area contributed by atoms with Crippen molar-refractivity contribution in [2.75, 3.05) is 19.8 Å². The molecule has 0 aromatic carbocycles. The molecule has 0 saturated carbocycles. The van der Waals surface area contributed by atoms with E-state index < -0.39 is 12.1 Å². The smallest absolute Gasteiger partial charge is 0.547 e. The van der Waals surface area contributed by atoms with E-state index in [9.17, 15) is 9.90 Å². The Morgan fingerprint density at radius 3 is 2.33 bits per heavy atom. The zero-order chi connectivity index (χ0) is 8.69. The number of rotatable bonds is 6. The maximum atomic E-state index is 10.3. The van der Waals surface area contributed by atoms with Gasteiger partial charge < -0.3 is 19.4 Å². The first-order valence-corrected chi connectivity index (χ1v) is 3.62. The van der Waals surface area contributed by atoms with Gasteiger partial charge in [0.15, 0.2) is 0 Å². The number of hydrogen-bond acceptors (Lipinski definition) is 4. The van der Waals surface area contributed by atoms with E-state index in [-0.39, 0.29) is 58.0 Å². The molecular weight excluding hydrogens is 187 g/mol. The second kappa shape index (κ2) is 10.1. The molecule has 0 aliphatic rings. The summed E-state index contributed by atoms with van der Waals surface area (Å²) >= 11 is 0. The Bertz CT molecular complexity index is 118. The van der Waals surface area contributed by atoms with Crippen LogP contribution in [0.3, 0.4) is 0 Å². The average molecular weight is 200 g/mol. The minimum atomic E-state index is -1.22. The van der Waals surface area contributed by atoms with Gasteiger partial charge in [-0.15, -0.1) is 0 Å². The van der Waals surface area contributed by atoms with Gasteiger partial charge in [0, 0.05) is 13.2 Å². The summed E-state index contributed by atoms with van der Waals surface area (Å²) in [6.45, 7) is 4.41. The van der Waals surface area contributed by atoms with Gasteiger partial charge in [0.25, 0.3) is 0 Å². The van der Waals surface area contributed by atoms with Crippen LogP contribution < -0.4 is 56.5 Å². The fourth-order valence-corrected chi connectivity index (χ4v) is 0.610. The van der Waals surface area contributed by atoms with Crippen LogP contribution in [0, 0.1) is 0 Å². The molecule has 1 atom stereocenters. The van der Waals surface area contributed by atoms with Gasteiger partial charge in [-0.25, -0.2) is 0 Å². The fraction of sp³-hybridized carbons (Fsp3) is 0.857. The summed E-state index contributed by atoms with van der Waals surface area (Å²) in [7, 11) is 0. The topological polar surface area (TPSA) is 58.6 Å². The second-order valence-electron chi connectivity index (χ2n) is 1.92. The normalized spacial score (nSPS) is 11.8. The van der Waals surface area contributed by atoms with Crippen LogP contribution in [-0.2, 0) is 14.3 Å². The predicted molar refractivity (Wildman–Crippen MR) is 36.9 cm³/mol. The van der Waals surface area contributed by atoms with Gasteiger partial charge in [-0.05, 0) is 13.8 Å². The van der Waals surface area contributed by atoms with Crippen LogP contribution in [0.1, 0.15) is 13.8 Å². The van der Waals surface area contributed by atoms with Crippen molar-refractivity contribution in [1.82, 2.24) is 0 Å². The van der Waals surface area contributed by atoms with Crippen molar-refractivity contribution >= 4 is 5.97 Å². The number of carbonyl (C=O) groups is 1. The largest absolute Gasteiger partial charge is 1.00 e. The molecule has 66 valence electrons. The van der Waals surface area contributed by atoms with Crippen molar-refractivity contribution in [3.05, 3.63) is 0 Å². The summed E-state index contributed by atoms with van der Waals surface area (Å²) < 4.78 is 9.68. The maximum Gasteiger partial charge on any atom is 1.00 e. The van der Waals surface area contributed by atoms with Crippen LogP contribution in [0.2, 0.25) is 0 Å². The zero-order valence-electron chi connectivity index (χ0n) is 7.83. The molecule has 0 aromatic rings. The van der Waals surface area contributed by atoms with Crippen LogP contribution in [-0.4, -0.2) is 31.9 Å². The fourth-order valence-electron chi connectivity index (χ4n) is 0.610. The summed E-state index contributed by atoms with van der Waals surface area (Å²) in [5, 5.41) is 10.3. The quantitative estimate of drug-likeness (QED) is 0.412. The van der Waals surface area contributed by atoms with E-state index in [2.05, 4.69) is 0 Å². The molecule has 0 radical (unpaired) electrons. The number of carboxylic acids is 1. The molecule has 0 N–H and O–H groups in total. The van der Waals surface area contributed by atoms with Crippen molar-refractivity contribution in [2.24, 2.45) is 0 Å². The molecule has 0 fully saturated rings. The molecule has 4 nitrogen and oxygen atoms in total. The van der Waals surface area contributed by atoms with Crippen molar-refractivity contribution in [3.63, 3.8) is 0 Å². The van der Waals surface area contributed by atoms with Crippen molar-refractivity contribution < 1.29 is 70.8 Å². The van der Waals surface area contributed by atoms with Crippen molar-refractivity contribution in [2.45, 2.75) is 20.0 Å². The van der Waals surface area contributed by atoms with E-state index in [0.717, 1.165) is 0 Å². The second-order valence-corrected chi connectivity index (χ2v) is 1.92. The third-order valence-corrected chi connectivity index (χ3v) is 1.10. The number of hydrogen-bond donors (Lipinski definition) is 0. The molecule has 1 unspecified atom stereocenters. The first kappa shape index (κ1) is 15.5. The molecule has 0 amide bonds. The van der Waals surface area contributed by atoms with E-state index in [1.807, 2.05) is 0 Å². The Morgan fingerprint density at radius 2 is 2.00 bits per heavy atom. The Morgan fingerprint density at radius 1 is 1.42 bits per heavy atom. The van der Waals surface area contributed by atoms with Crippen molar-refractivity contribution in [3.8, 4) is 0 Å². The third-order valence-electron chi connectivity index (χ3n) is 1.10. The standard InChI is InChI=1S/C7H14O4.K/c1-3-10-5-6(7(8)9)11-4-2;/h6H,3-5H2,1-2H3,(H,8,9);/q;+1/p-1. The van der Waals surface area contributed by atoms with E-state index in [1.165, 1.54) is 0 Å². The number of carboxylic acid groups (broad SMARTS) is 1. The first-order chi connectivity index (χ1) is 5.22. The molecule has 5 heteroatoms. The van der Waals surface area contributed by atoms with Gasteiger partial charge in [-0.2, -0.15) is 0 Å². The van der Waals surface area contributed by atoms with Gasteiger partial charge in [-0.1, -0.05) is 0 Å². The number of aliphatic carboxylic acids is 1. The summed E-state index contributed by atoms with van der Waals surface area (Å²) in [6.07, 6.45) is -0.931. The SMILES string of the molecule is CCOCC(OCC)C(=O)[O-].[K+]. The summed E-state index contributed by atoms with van der Waals surface area (Å²) in [6, 6.07) is 0. The molecule has 0 bridgehead atoms. The number of ether oxygens (including phenoxy) is 2. The molecule has 0 rings (SSSR count). The average Bonchev–Trinajstić information content (AvgIpc) is 1.97. The van der Waals surface area contributed by atoms with Crippen LogP contribution in [0.25, 0.3) is 0 Å². The van der Waals surface area contributed by atoms with Crippen LogP contribution in [0.4, 0.5) is 0 Å². The molecule has 0 aliphatic heterocycles. The van der Waals surface area contributed by atoms with Gasteiger partial charge >= 0.3 is 51.4 Å². The van der Waals surface area contributed by atoms with Gasteiger partial charge in [0.1, 0.15) is 6.10 Å². The van der Waals surface area contributed by atoms with E-state index in [0.29, 0.717) is 13.2 Å². The minimum Gasteiger partial charge on any atom is -0.547 e. The maximum absolute atomic E-state index is 10.3. The summed E-state index contributed by atoms with van der Waals surface area (Å²) in [5.74, 6) is -1.22. The van der Waals surface area contributed by atoms with E-state index in [1.54, 1.807) is 13.8 Å². The Labute approximate surface area is 115 Å².